The molecule has 0 bridgehead atoms. The summed E-state index contributed by atoms with van der Waals surface area (Å²) in [7, 11) is 1.30. The number of aromatic nitrogens is 1. The number of hydrogen-bond donors (Lipinski definition) is 2. The Morgan fingerprint density at radius 3 is 2.65 bits per heavy atom. The van der Waals surface area contributed by atoms with E-state index in [2.05, 4.69) is 9.72 Å². The number of carbonyl (C=O) groups excluding carboxylic acids is 1. The highest BCUT2D eigenvalue weighted by atomic mass is 16.5. The van der Waals surface area contributed by atoms with Crippen molar-refractivity contribution in [2.45, 2.75) is 6.92 Å². The Kier molecular flexibility index (Phi) is 2.59. The predicted octanol–water partition coefficient (Wildman–Crippen LogP) is 1.96. The zero-order valence-corrected chi connectivity index (χ0v) is 9.40. The highest BCUT2D eigenvalue weighted by Crippen LogP contribution is 2.23. The molecule has 0 atom stereocenters. The molecule has 0 aliphatic heterocycles. The topological polar surface area (TPSA) is 79.4 Å². The first kappa shape index (κ1) is 11.2. The van der Waals surface area contributed by atoms with E-state index in [1.54, 1.807) is 19.1 Å². The minimum Gasteiger partial charge on any atom is -0.478 e. The maximum atomic E-state index is 11.3. The van der Waals surface area contributed by atoms with Gasteiger partial charge in [0.2, 0.25) is 0 Å². The van der Waals surface area contributed by atoms with Crippen LogP contribution in [0.3, 0.4) is 0 Å². The van der Waals surface area contributed by atoms with Gasteiger partial charge in [-0.15, -0.1) is 0 Å². The zero-order chi connectivity index (χ0) is 12.6. The second-order valence-electron chi connectivity index (χ2n) is 3.68. The SMILES string of the molecule is COC(=O)c1cc2c(C)c(C(=O)O)ccc2[nH]1. The molecule has 0 saturated carbocycles. The highest BCUT2D eigenvalue weighted by molar-refractivity contribution is 6.00. The number of nitrogens with one attached hydrogen (secondary N) is 1. The van der Waals surface area contributed by atoms with E-state index in [-0.39, 0.29) is 5.56 Å². The molecule has 1 heterocycles. The van der Waals surface area contributed by atoms with Gasteiger partial charge in [-0.2, -0.15) is 0 Å². The van der Waals surface area contributed by atoms with Crippen LogP contribution in [0.5, 0.6) is 0 Å². The van der Waals surface area contributed by atoms with E-state index in [0.717, 1.165) is 0 Å². The van der Waals surface area contributed by atoms with Crippen molar-refractivity contribution in [3.05, 3.63) is 35.0 Å². The van der Waals surface area contributed by atoms with Gasteiger partial charge in [0, 0.05) is 10.9 Å². The van der Waals surface area contributed by atoms with Crippen LogP contribution >= 0.6 is 0 Å². The zero-order valence-electron chi connectivity index (χ0n) is 9.40. The fraction of sp³-hybridized carbons (Fsp3) is 0.167. The summed E-state index contributed by atoms with van der Waals surface area (Å²) in [5.41, 5.74) is 1.88. The first-order valence-electron chi connectivity index (χ1n) is 4.98. The number of aromatic amines is 1. The van der Waals surface area contributed by atoms with Crippen LogP contribution in [0, 0.1) is 6.92 Å². The molecule has 2 rings (SSSR count). The smallest absolute Gasteiger partial charge is 0.354 e. The summed E-state index contributed by atoms with van der Waals surface area (Å²) < 4.78 is 4.60. The predicted molar refractivity (Wildman–Crippen MR) is 61.3 cm³/mol. The molecule has 5 nitrogen and oxygen atoms in total. The number of H-pyrrole nitrogens is 1. The lowest BCUT2D eigenvalue weighted by molar-refractivity contribution is 0.0594. The second-order valence-corrected chi connectivity index (χ2v) is 3.68. The summed E-state index contributed by atoms with van der Waals surface area (Å²) in [6.45, 7) is 1.71. The summed E-state index contributed by atoms with van der Waals surface area (Å²) in [6, 6.07) is 4.75. The number of carboxylic acid groups (broad SMARTS) is 1. The lowest BCUT2D eigenvalue weighted by atomic mass is 10.0. The average molecular weight is 233 g/mol. The number of ether oxygens (including phenoxy) is 1. The number of benzene rings is 1. The van der Waals surface area contributed by atoms with Gasteiger partial charge < -0.3 is 14.8 Å². The van der Waals surface area contributed by atoms with Gasteiger partial charge >= 0.3 is 11.9 Å². The molecule has 0 unspecified atom stereocenters. The van der Waals surface area contributed by atoms with E-state index in [1.807, 2.05) is 0 Å². The summed E-state index contributed by atoms with van der Waals surface area (Å²) in [6.07, 6.45) is 0. The molecule has 0 amide bonds. The molecular weight excluding hydrogens is 222 g/mol. The standard InChI is InChI=1S/C12H11NO4/c1-6-7(11(14)15)3-4-9-8(6)5-10(13-9)12(16)17-2/h3-5,13H,1-2H3,(H,14,15). The summed E-state index contributed by atoms with van der Waals surface area (Å²) in [5, 5.41) is 9.70. The Labute approximate surface area is 97.0 Å². The average Bonchev–Trinajstić information content (AvgIpc) is 2.72. The Morgan fingerprint density at radius 2 is 2.06 bits per heavy atom. The molecule has 5 heteroatoms. The number of carbonyl (C=O) groups is 2. The largest absolute Gasteiger partial charge is 0.478 e. The van der Waals surface area contributed by atoms with E-state index in [4.69, 9.17) is 5.11 Å². The van der Waals surface area contributed by atoms with Crippen molar-refractivity contribution in [1.29, 1.82) is 0 Å². The van der Waals surface area contributed by atoms with E-state index >= 15 is 0 Å². The highest BCUT2D eigenvalue weighted by Gasteiger charge is 2.14. The molecule has 0 fully saturated rings. The molecule has 0 spiro atoms. The third-order valence-electron chi connectivity index (χ3n) is 2.71. The number of esters is 1. The van der Waals surface area contributed by atoms with Gasteiger partial charge in [-0.05, 0) is 30.7 Å². The Balaban J connectivity index is 2.66. The molecule has 2 aromatic rings. The van der Waals surface area contributed by atoms with Crippen LogP contribution in [0.4, 0.5) is 0 Å². The van der Waals surface area contributed by atoms with Crippen LogP contribution in [0.25, 0.3) is 10.9 Å². The quantitative estimate of drug-likeness (QED) is 0.777. The van der Waals surface area contributed by atoms with Crippen molar-refractivity contribution in [1.82, 2.24) is 4.98 Å². The molecule has 0 aliphatic rings. The number of aryl methyl sites for hydroxylation is 1. The van der Waals surface area contributed by atoms with Crippen molar-refractivity contribution in [3.63, 3.8) is 0 Å². The van der Waals surface area contributed by atoms with E-state index in [1.165, 1.54) is 13.2 Å². The van der Waals surface area contributed by atoms with Gasteiger partial charge in [-0.3, -0.25) is 0 Å². The Bertz CT molecular complexity index is 612. The number of aromatic carboxylic acids is 1. The van der Waals surface area contributed by atoms with Gasteiger partial charge in [0.05, 0.1) is 12.7 Å². The van der Waals surface area contributed by atoms with Gasteiger partial charge in [0.15, 0.2) is 0 Å². The molecule has 0 radical (unpaired) electrons. The van der Waals surface area contributed by atoms with E-state index in [9.17, 15) is 9.59 Å². The second kappa shape index (κ2) is 3.93. The van der Waals surface area contributed by atoms with Crippen molar-refractivity contribution < 1.29 is 19.4 Å². The number of methoxy groups -OCH3 is 1. The maximum absolute atomic E-state index is 11.3. The van der Waals surface area contributed by atoms with Crippen molar-refractivity contribution in [2.24, 2.45) is 0 Å². The van der Waals surface area contributed by atoms with Crippen LogP contribution in [0.1, 0.15) is 26.4 Å². The minimum absolute atomic E-state index is 0.230. The molecule has 17 heavy (non-hydrogen) atoms. The van der Waals surface area contributed by atoms with Crippen LogP contribution < -0.4 is 0 Å². The molecule has 88 valence electrons. The molecule has 0 saturated heterocycles. The lowest BCUT2D eigenvalue weighted by Crippen LogP contribution is -2.00. The van der Waals surface area contributed by atoms with E-state index in [0.29, 0.717) is 22.2 Å². The fourth-order valence-electron chi connectivity index (χ4n) is 1.80. The van der Waals surface area contributed by atoms with Crippen molar-refractivity contribution >= 4 is 22.8 Å². The lowest BCUT2D eigenvalue weighted by Gasteiger charge is -2.00. The van der Waals surface area contributed by atoms with Crippen LogP contribution in [0.2, 0.25) is 0 Å². The van der Waals surface area contributed by atoms with E-state index < -0.39 is 11.9 Å². The molecule has 1 aromatic heterocycles. The Morgan fingerprint density at radius 1 is 1.35 bits per heavy atom. The van der Waals surface area contributed by atoms with Gasteiger partial charge in [-0.1, -0.05) is 0 Å². The normalized spacial score (nSPS) is 10.5. The van der Waals surface area contributed by atoms with Crippen LogP contribution in [-0.2, 0) is 4.74 Å². The Hall–Kier alpha value is -2.30. The van der Waals surface area contributed by atoms with Crippen molar-refractivity contribution in [3.8, 4) is 0 Å². The first-order chi connectivity index (χ1) is 8.04. The molecular formula is C12H11NO4. The summed E-state index contributed by atoms with van der Waals surface area (Å²) in [4.78, 5) is 25.2. The first-order valence-corrected chi connectivity index (χ1v) is 4.98. The third kappa shape index (κ3) is 1.75. The minimum atomic E-state index is -0.981. The van der Waals surface area contributed by atoms with Gasteiger partial charge in [0.25, 0.3) is 0 Å². The third-order valence-corrected chi connectivity index (χ3v) is 2.71. The van der Waals surface area contributed by atoms with Gasteiger partial charge in [-0.25, -0.2) is 9.59 Å². The number of rotatable bonds is 2. The fourth-order valence-corrected chi connectivity index (χ4v) is 1.80. The number of carboxylic acids is 1. The van der Waals surface area contributed by atoms with Gasteiger partial charge in [0.1, 0.15) is 5.69 Å². The van der Waals surface area contributed by atoms with Crippen LogP contribution in [0.15, 0.2) is 18.2 Å². The number of hydrogen-bond acceptors (Lipinski definition) is 3. The molecule has 1 aromatic carbocycles. The number of fused-ring (bicyclic) bond motifs is 1. The molecule has 0 aliphatic carbocycles. The maximum Gasteiger partial charge on any atom is 0.354 e. The summed E-state index contributed by atoms with van der Waals surface area (Å²) in [5.74, 6) is -1.46. The summed E-state index contributed by atoms with van der Waals surface area (Å²) >= 11 is 0. The molecule has 2 N–H and O–H groups in total. The van der Waals surface area contributed by atoms with Crippen molar-refractivity contribution in [2.75, 3.05) is 7.11 Å². The van der Waals surface area contributed by atoms with Crippen LogP contribution in [-0.4, -0.2) is 29.1 Å². The monoisotopic (exact) mass is 233 g/mol.